The molecule has 0 amide bonds. The van der Waals surface area contributed by atoms with Crippen LogP contribution in [0.1, 0.15) is 18.4 Å². The number of benzene rings is 1. The number of halogens is 1. The summed E-state index contributed by atoms with van der Waals surface area (Å²) in [6.45, 7) is 1.53. The van der Waals surface area contributed by atoms with E-state index in [1.54, 1.807) is 0 Å². The van der Waals surface area contributed by atoms with Crippen LogP contribution in [0.2, 0.25) is 0 Å². The highest BCUT2D eigenvalue weighted by atomic mass is 79.9. The van der Waals surface area contributed by atoms with Gasteiger partial charge in [0.2, 0.25) is 0 Å². The summed E-state index contributed by atoms with van der Waals surface area (Å²) in [5.74, 6) is 0. The van der Waals surface area contributed by atoms with Crippen LogP contribution in [0.4, 0.5) is 5.69 Å². The fourth-order valence-electron chi connectivity index (χ4n) is 2.05. The quantitative estimate of drug-likeness (QED) is 0.859. The Morgan fingerprint density at radius 2 is 2.31 bits per heavy atom. The van der Waals surface area contributed by atoms with E-state index < -0.39 is 0 Å². The summed E-state index contributed by atoms with van der Waals surface area (Å²) in [5, 5.41) is 18.7. The maximum Gasteiger partial charge on any atom is 0.101 e. The number of hydrogen-bond donors (Lipinski definition) is 1. The van der Waals surface area contributed by atoms with Crippen LogP contribution in [0.3, 0.4) is 0 Å². The number of anilines is 1. The van der Waals surface area contributed by atoms with Gasteiger partial charge in [0.15, 0.2) is 0 Å². The molecule has 1 heterocycles. The minimum atomic E-state index is -0.274. The Bertz CT molecular complexity index is 428. The summed E-state index contributed by atoms with van der Waals surface area (Å²) in [6, 6.07) is 7.87. The van der Waals surface area contributed by atoms with Crippen LogP contribution in [0.25, 0.3) is 0 Å². The zero-order valence-electron chi connectivity index (χ0n) is 8.86. The molecule has 4 heteroatoms. The van der Waals surface area contributed by atoms with Crippen molar-refractivity contribution in [2.45, 2.75) is 18.9 Å². The Labute approximate surface area is 103 Å². The highest BCUT2D eigenvalue weighted by molar-refractivity contribution is 9.10. The second-order valence-electron chi connectivity index (χ2n) is 4.02. The highest BCUT2D eigenvalue weighted by Crippen LogP contribution is 2.26. The molecule has 0 aromatic heterocycles. The van der Waals surface area contributed by atoms with Gasteiger partial charge in [-0.1, -0.05) is 15.9 Å². The molecule has 0 radical (unpaired) electrons. The van der Waals surface area contributed by atoms with Crippen LogP contribution in [-0.4, -0.2) is 24.3 Å². The van der Waals surface area contributed by atoms with Crippen LogP contribution in [0.15, 0.2) is 22.7 Å². The molecule has 1 aliphatic rings. The van der Waals surface area contributed by atoms with Gasteiger partial charge in [0.05, 0.1) is 17.4 Å². The van der Waals surface area contributed by atoms with Crippen molar-refractivity contribution in [2.24, 2.45) is 0 Å². The Kier molecular flexibility index (Phi) is 3.47. The normalized spacial score (nSPS) is 20.6. The van der Waals surface area contributed by atoms with Gasteiger partial charge in [0.25, 0.3) is 0 Å². The number of aliphatic hydroxyl groups excluding tert-OH is 1. The Hall–Kier alpha value is -1.05. The van der Waals surface area contributed by atoms with Gasteiger partial charge in [-0.05, 0) is 31.0 Å². The number of aliphatic hydroxyl groups is 1. The number of nitrogens with zero attached hydrogens (tertiary/aromatic N) is 2. The van der Waals surface area contributed by atoms with Crippen LogP contribution >= 0.6 is 15.9 Å². The third-order valence-corrected chi connectivity index (χ3v) is 3.31. The molecule has 0 spiro atoms. The molecule has 1 aromatic rings. The summed E-state index contributed by atoms with van der Waals surface area (Å²) in [4.78, 5) is 2.08. The van der Waals surface area contributed by atoms with Crippen molar-refractivity contribution in [3.8, 4) is 6.07 Å². The van der Waals surface area contributed by atoms with Crippen molar-refractivity contribution in [1.29, 1.82) is 5.26 Å². The monoisotopic (exact) mass is 280 g/mol. The van der Waals surface area contributed by atoms with E-state index in [-0.39, 0.29) is 6.10 Å². The molecule has 1 aromatic carbocycles. The topological polar surface area (TPSA) is 47.3 Å². The molecule has 0 saturated carbocycles. The van der Waals surface area contributed by atoms with Crippen LogP contribution < -0.4 is 4.90 Å². The Morgan fingerprint density at radius 3 is 3.00 bits per heavy atom. The van der Waals surface area contributed by atoms with Crippen molar-refractivity contribution < 1.29 is 5.11 Å². The molecule has 16 heavy (non-hydrogen) atoms. The van der Waals surface area contributed by atoms with E-state index in [4.69, 9.17) is 5.26 Å². The molecule has 1 saturated heterocycles. The number of hydrogen-bond acceptors (Lipinski definition) is 3. The molecule has 1 N–H and O–H groups in total. The first-order valence-electron chi connectivity index (χ1n) is 5.33. The maximum atomic E-state index is 9.63. The Balaban J connectivity index is 2.29. The first kappa shape index (κ1) is 11.4. The molecule has 3 nitrogen and oxygen atoms in total. The standard InChI is InChI=1S/C12H13BrN2O/c13-10-3-4-12(9(6-10)7-14)15-5-1-2-11(16)8-15/h3-4,6,11,16H,1-2,5,8H2. The molecule has 84 valence electrons. The second-order valence-corrected chi connectivity index (χ2v) is 4.93. The van der Waals surface area contributed by atoms with Gasteiger partial charge in [-0.25, -0.2) is 0 Å². The predicted molar refractivity (Wildman–Crippen MR) is 66.3 cm³/mol. The lowest BCUT2D eigenvalue weighted by atomic mass is 10.1. The average molecular weight is 281 g/mol. The van der Waals surface area contributed by atoms with Crippen molar-refractivity contribution in [2.75, 3.05) is 18.0 Å². The van der Waals surface area contributed by atoms with Crippen molar-refractivity contribution in [3.05, 3.63) is 28.2 Å². The van der Waals surface area contributed by atoms with Gasteiger partial charge >= 0.3 is 0 Å². The fourth-order valence-corrected chi connectivity index (χ4v) is 2.41. The van der Waals surface area contributed by atoms with Gasteiger partial charge in [-0.3, -0.25) is 0 Å². The average Bonchev–Trinajstić information content (AvgIpc) is 2.28. The first-order valence-corrected chi connectivity index (χ1v) is 6.12. The van der Waals surface area contributed by atoms with E-state index in [0.29, 0.717) is 12.1 Å². The van der Waals surface area contributed by atoms with E-state index in [1.165, 1.54) is 0 Å². The summed E-state index contributed by atoms with van der Waals surface area (Å²) < 4.78 is 0.908. The molecule has 2 rings (SSSR count). The van der Waals surface area contributed by atoms with E-state index in [2.05, 4.69) is 26.9 Å². The van der Waals surface area contributed by atoms with E-state index >= 15 is 0 Å². The molecule has 1 unspecified atom stereocenters. The van der Waals surface area contributed by atoms with Crippen molar-refractivity contribution in [1.82, 2.24) is 0 Å². The third kappa shape index (κ3) is 2.37. The first-order chi connectivity index (χ1) is 7.70. The summed E-state index contributed by atoms with van der Waals surface area (Å²) in [6.07, 6.45) is 1.56. The number of rotatable bonds is 1. The predicted octanol–water partition coefficient (Wildman–Crippen LogP) is 2.28. The van der Waals surface area contributed by atoms with Gasteiger partial charge in [-0.15, -0.1) is 0 Å². The molecular weight excluding hydrogens is 268 g/mol. The summed E-state index contributed by atoms with van der Waals surface area (Å²) in [5.41, 5.74) is 1.58. The van der Waals surface area contributed by atoms with Crippen LogP contribution in [-0.2, 0) is 0 Å². The number of β-amino-alcohol motifs (C(OH)–C–C–N with tert-alkyl or cyclic N) is 1. The van der Waals surface area contributed by atoms with Gasteiger partial charge in [-0.2, -0.15) is 5.26 Å². The van der Waals surface area contributed by atoms with E-state index in [1.807, 2.05) is 18.2 Å². The molecule has 0 bridgehead atoms. The smallest absolute Gasteiger partial charge is 0.101 e. The zero-order chi connectivity index (χ0) is 11.5. The van der Waals surface area contributed by atoms with Crippen molar-refractivity contribution >= 4 is 21.6 Å². The summed E-state index contributed by atoms with van der Waals surface area (Å²) >= 11 is 3.35. The highest BCUT2D eigenvalue weighted by Gasteiger charge is 2.19. The Morgan fingerprint density at radius 1 is 1.50 bits per heavy atom. The lowest BCUT2D eigenvalue weighted by Gasteiger charge is -2.32. The number of nitriles is 1. The van der Waals surface area contributed by atoms with Crippen LogP contribution in [0.5, 0.6) is 0 Å². The zero-order valence-corrected chi connectivity index (χ0v) is 10.4. The molecular formula is C12H13BrN2O. The van der Waals surface area contributed by atoms with Gasteiger partial charge < -0.3 is 10.0 Å². The molecule has 1 aliphatic heterocycles. The lowest BCUT2D eigenvalue weighted by molar-refractivity contribution is 0.154. The molecule has 1 fully saturated rings. The molecule has 1 atom stereocenters. The minimum Gasteiger partial charge on any atom is -0.391 e. The van der Waals surface area contributed by atoms with E-state index in [0.717, 1.165) is 29.5 Å². The van der Waals surface area contributed by atoms with Gasteiger partial charge in [0.1, 0.15) is 6.07 Å². The van der Waals surface area contributed by atoms with Gasteiger partial charge in [0, 0.05) is 17.6 Å². The maximum absolute atomic E-state index is 9.63. The minimum absolute atomic E-state index is 0.274. The second kappa shape index (κ2) is 4.86. The SMILES string of the molecule is N#Cc1cc(Br)ccc1N1CCCC(O)C1. The van der Waals surface area contributed by atoms with Crippen molar-refractivity contribution in [3.63, 3.8) is 0 Å². The number of piperidine rings is 1. The third-order valence-electron chi connectivity index (χ3n) is 2.82. The molecule has 0 aliphatic carbocycles. The largest absolute Gasteiger partial charge is 0.391 e. The van der Waals surface area contributed by atoms with E-state index in [9.17, 15) is 5.11 Å². The lowest BCUT2D eigenvalue weighted by Crippen LogP contribution is -2.38. The van der Waals surface area contributed by atoms with Crippen LogP contribution in [0, 0.1) is 11.3 Å². The summed E-state index contributed by atoms with van der Waals surface area (Å²) in [7, 11) is 0. The fraction of sp³-hybridized carbons (Fsp3) is 0.417.